The fourth-order valence-corrected chi connectivity index (χ4v) is 0.861. The lowest BCUT2D eigenvalue weighted by molar-refractivity contribution is -0.132. The van der Waals surface area contributed by atoms with Crippen LogP contribution in [0.2, 0.25) is 0 Å². The van der Waals surface area contributed by atoms with Crippen LogP contribution in [0.25, 0.3) is 0 Å². The molecule has 2 unspecified atom stereocenters. The van der Waals surface area contributed by atoms with Crippen LogP contribution in [-0.2, 0) is 9.47 Å². The van der Waals surface area contributed by atoms with Gasteiger partial charge in [0.05, 0.1) is 0 Å². The van der Waals surface area contributed by atoms with Crippen molar-refractivity contribution >= 4 is 11.6 Å². The summed E-state index contributed by atoms with van der Waals surface area (Å²) in [7, 11) is 3.23. The van der Waals surface area contributed by atoms with Gasteiger partial charge in [0, 0.05) is 25.5 Å². The van der Waals surface area contributed by atoms with E-state index in [0.29, 0.717) is 0 Å². The number of halogens is 1. The number of ether oxygens (including phenoxy) is 2. The summed E-state index contributed by atoms with van der Waals surface area (Å²) < 4.78 is 10.0. The molecule has 10 heavy (non-hydrogen) atoms. The summed E-state index contributed by atoms with van der Waals surface area (Å²) in [6, 6.07) is 0. The third-order valence-corrected chi connectivity index (χ3v) is 2.02. The standard InChI is InChI=1S/C7H15ClO2/c1-5(6(2)8)7(9-3)10-4/h5-7H,1-4H3. The minimum absolute atomic E-state index is 0.0740. The Balaban J connectivity index is 3.76. The number of alkyl halides is 1. The number of hydrogen-bond donors (Lipinski definition) is 0. The van der Waals surface area contributed by atoms with Crippen LogP contribution in [-0.4, -0.2) is 25.9 Å². The topological polar surface area (TPSA) is 18.5 Å². The highest BCUT2D eigenvalue weighted by molar-refractivity contribution is 6.20. The largest absolute Gasteiger partial charge is 0.356 e. The molecule has 3 heteroatoms. The van der Waals surface area contributed by atoms with Gasteiger partial charge in [0.25, 0.3) is 0 Å². The van der Waals surface area contributed by atoms with Crippen LogP contribution in [0, 0.1) is 5.92 Å². The summed E-state index contributed by atoms with van der Waals surface area (Å²) in [4.78, 5) is 0. The van der Waals surface area contributed by atoms with Crippen molar-refractivity contribution in [3.05, 3.63) is 0 Å². The summed E-state index contributed by atoms with van der Waals surface area (Å²) in [5, 5.41) is 0.0740. The Morgan fingerprint density at radius 3 is 1.60 bits per heavy atom. The van der Waals surface area contributed by atoms with Crippen molar-refractivity contribution < 1.29 is 9.47 Å². The van der Waals surface area contributed by atoms with Gasteiger partial charge in [-0.15, -0.1) is 11.6 Å². The molecule has 0 saturated heterocycles. The molecule has 0 aliphatic rings. The Morgan fingerprint density at radius 1 is 1.10 bits per heavy atom. The monoisotopic (exact) mass is 166 g/mol. The van der Waals surface area contributed by atoms with Gasteiger partial charge >= 0.3 is 0 Å². The highest BCUT2D eigenvalue weighted by Crippen LogP contribution is 2.16. The zero-order valence-corrected chi connectivity index (χ0v) is 7.68. The van der Waals surface area contributed by atoms with Crippen LogP contribution in [0.15, 0.2) is 0 Å². The van der Waals surface area contributed by atoms with Gasteiger partial charge in [-0.25, -0.2) is 0 Å². The molecule has 0 fully saturated rings. The Bertz CT molecular complexity index is 81.7. The van der Waals surface area contributed by atoms with Crippen molar-refractivity contribution in [3.8, 4) is 0 Å². The van der Waals surface area contributed by atoms with E-state index in [0.717, 1.165) is 0 Å². The number of hydrogen-bond acceptors (Lipinski definition) is 2. The SMILES string of the molecule is COC(OC)C(C)C(C)Cl. The summed E-state index contributed by atoms with van der Waals surface area (Å²) >= 11 is 5.82. The van der Waals surface area contributed by atoms with Gasteiger partial charge in [0.1, 0.15) is 0 Å². The van der Waals surface area contributed by atoms with E-state index < -0.39 is 0 Å². The van der Waals surface area contributed by atoms with Crippen molar-refractivity contribution in [2.45, 2.75) is 25.5 Å². The van der Waals surface area contributed by atoms with E-state index in [9.17, 15) is 0 Å². The molecule has 0 heterocycles. The Labute approximate surface area is 67.5 Å². The fraction of sp³-hybridized carbons (Fsp3) is 1.00. The molecule has 0 aromatic rings. The predicted octanol–water partition coefficient (Wildman–Crippen LogP) is 1.87. The number of methoxy groups -OCH3 is 2. The normalized spacial score (nSPS) is 17.4. The zero-order valence-electron chi connectivity index (χ0n) is 6.93. The van der Waals surface area contributed by atoms with Gasteiger partial charge < -0.3 is 9.47 Å². The summed E-state index contributed by atoms with van der Waals surface area (Å²) in [6.45, 7) is 3.92. The second-order valence-electron chi connectivity index (χ2n) is 2.38. The van der Waals surface area contributed by atoms with Crippen LogP contribution >= 0.6 is 11.6 Å². The molecule has 2 atom stereocenters. The Morgan fingerprint density at radius 2 is 1.50 bits per heavy atom. The van der Waals surface area contributed by atoms with Crippen LogP contribution in [0.5, 0.6) is 0 Å². The minimum Gasteiger partial charge on any atom is -0.356 e. The molecule has 0 amide bonds. The van der Waals surface area contributed by atoms with E-state index in [2.05, 4.69) is 0 Å². The lowest BCUT2D eigenvalue weighted by Crippen LogP contribution is -2.27. The van der Waals surface area contributed by atoms with E-state index in [-0.39, 0.29) is 17.6 Å². The lowest BCUT2D eigenvalue weighted by atomic mass is 10.1. The second kappa shape index (κ2) is 4.94. The first kappa shape index (κ1) is 10.2. The van der Waals surface area contributed by atoms with Crippen molar-refractivity contribution in [2.75, 3.05) is 14.2 Å². The lowest BCUT2D eigenvalue weighted by Gasteiger charge is -2.22. The summed E-state index contributed by atoms with van der Waals surface area (Å²) in [5.74, 6) is 0.219. The predicted molar refractivity (Wildman–Crippen MR) is 42.3 cm³/mol. The van der Waals surface area contributed by atoms with Crippen molar-refractivity contribution in [3.63, 3.8) is 0 Å². The molecule has 0 bridgehead atoms. The molecular weight excluding hydrogens is 152 g/mol. The molecule has 0 aliphatic carbocycles. The van der Waals surface area contributed by atoms with Gasteiger partial charge in [-0.3, -0.25) is 0 Å². The first-order valence-corrected chi connectivity index (χ1v) is 3.76. The van der Waals surface area contributed by atoms with Gasteiger partial charge in [-0.1, -0.05) is 6.92 Å². The average molecular weight is 167 g/mol. The van der Waals surface area contributed by atoms with Crippen LogP contribution < -0.4 is 0 Å². The van der Waals surface area contributed by atoms with E-state index >= 15 is 0 Å². The third-order valence-electron chi connectivity index (χ3n) is 1.62. The molecule has 62 valence electrons. The zero-order chi connectivity index (χ0) is 8.15. The molecule has 0 saturated carbocycles. The fourth-order valence-electron chi connectivity index (χ4n) is 0.742. The molecule has 0 N–H and O–H groups in total. The molecule has 0 aromatic heterocycles. The summed E-state index contributed by atoms with van der Waals surface area (Å²) in [6.07, 6.45) is -0.188. The van der Waals surface area contributed by atoms with E-state index in [1.165, 1.54) is 0 Å². The Hall–Kier alpha value is 0.210. The average Bonchev–Trinajstić information content (AvgIpc) is 1.90. The van der Waals surface area contributed by atoms with Gasteiger partial charge in [-0.2, -0.15) is 0 Å². The van der Waals surface area contributed by atoms with Crippen molar-refractivity contribution in [1.82, 2.24) is 0 Å². The van der Waals surface area contributed by atoms with Crippen LogP contribution in [0.3, 0.4) is 0 Å². The van der Waals surface area contributed by atoms with E-state index in [1.54, 1.807) is 14.2 Å². The molecule has 0 rings (SSSR count). The highest BCUT2D eigenvalue weighted by atomic mass is 35.5. The maximum Gasteiger partial charge on any atom is 0.160 e. The highest BCUT2D eigenvalue weighted by Gasteiger charge is 2.19. The van der Waals surface area contributed by atoms with Gasteiger partial charge in [0.2, 0.25) is 0 Å². The van der Waals surface area contributed by atoms with Crippen LogP contribution in [0.4, 0.5) is 0 Å². The minimum atomic E-state index is -0.188. The van der Waals surface area contributed by atoms with Gasteiger partial charge in [0.15, 0.2) is 6.29 Å². The molecule has 2 nitrogen and oxygen atoms in total. The molecule has 0 aromatic carbocycles. The van der Waals surface area contributed by atoms with E-state index in [4.69, 9.17) is 21.1 Å². The first-order valence-electron chi connectivity index (χ1n) is 3.33. The maximum absolute atomic E-state index is 5.82. The second-order valence-corrected chi connectivity index (χ2v) is 3.06. The van der Waals surface area contributed by atoms with Crippen LogP contribution in [0.1, 0.15) is 13.8 Å². The first-order chi connectivity index (χ1) is 4.63. The van der Waals surface area contributed by atoms with Gasteiger partial charge in [-0.05, 0) is 6.92 Å². The number of rotatable bonds is 4. The quantitative estimate of drug-likeness (QED) is 0.469. The molecular formula is C7H15ClO2. The smallest absolute Gasteiger partial charge is 0.160 e. The maximum atomic E-state index is 5.82. The van der Waals surface area contributed by atoms with E-state index in [1.807, 2.05) is 13.8 Å². The van der Waals surface area contributed by atoms with Crippen molar-refractivity contribution in [1.29, 1.82) is 0 Å². The molecule has 0 spiro atoms. The Kier molecular flexibility index (Phi) is 5.04. The third kappa shape index (κ3) is 2.86. The van der Waals surface area contributed by atoms with Crippen molar-refractivity contribution in [2.24, 2.45) is 5.92 Å². The molecule has 0 aliphatic heterocycles. The molecule has 0 radical (unpaired) electrons. The summed E-state index contributed by atoms with van der Waals surface area (Å²) in [5.41, 5.74) is 0.